The molecule has 0 radical (unpaired) electrons. The first kappa shape index (κ1) is 21.0. The molecule has 0 spiro atoms. The van der Waals surface area contributed by atoms with E-state index in [0.717, 1.165) is 12.1 Å². The molecule has 0 saturated carbocycles. The molecule has 2 N–H and O–H groups in total. The highest BCUT2D eigenvalue weighted by Crippen LogP contribution is 2.29. The van der Waals surface area contributed by atoms with Gasteiger partial charge in [0.15, 0.2) is 17.5 Å². The van der Waals surface area contributed by atoms with E-state index in [1.54, 1.807) is 30.5 Å². The molecule has 2 aromatic rings. The van der Waals surface area contributed by atoms with Gasteiger partial charge in [0.25, 0.3) is 0 Å². The largest absolute Gasteiger partial charge is 0.493 e. The number of hydrogen-bond acceptors (Lipinski definition) is 4. The van der Waals surface area contributed by atoms with Crippen LogP contribution in [0.3, 0.4) is 0 Å². The van der Waals surface area contributed by atoms with E-state index in [1.165, 1.54) is 12.0 Å². The highest BCUT2D eigenvalue weighted by molar-refractivity contribution is 7.10. The lowest BCUT2D eigenvalue weighted by atomic mass is 10.1. The van der Waals surface area contributed by atoms with Crippen molar-refractivity contribution in [3.8, 4) is 11.5 Å². The number of aliphatic imine (C=N–C) groups is 1. The molecule has 0 aliphatic carbocycles. The van der Waals surface area contributed by atoms with Crippen LogP contribution in [0.4, 0.5) is 8.78 Å². The zero-order valence-electron chi connectivity index (χ0n) is 15.7. The second-order valence-electron chi connectivity index (χ2n) is 5.91. The standard InChI is InChI=1S/C19H25F2N3O2S/c1-13(17-5-4-10-27-17)12-24-19(22-2)23-9-8-14-6-7-15(25-3)16(11-14)26-18(20)21/h4-7,10-11,13,18H,8-9,12H2,1-3H3,(H2,22,23,24). The van der Waals surface area contributed by atoms with Crippen LogP contribution in [0.2, 0.25) is 0 Å². The summed E-state index contributed by atoms with van der Waals surface area (Å²) in [6.07, 6.45) is 0.630. The van der Waals surface area contributed by atoms with Gasteiger partial charge in [0.2, 0.25) is 0 Å². The fourth-order valence-corrected chi connectivity index (χ4v) is 3.32. The maximum atomic E-state index is 12.5. The summed E-state index contributed by atoms with van der Waals surface area (Å²) in [4.78, 5) is 5.53. The first-order valence-electron chi connectivity index (χ1n) is 8.63. The van der Waals surface area contributed by atoms with Gasteiger partial charge in [-0.05, 0) is 35.6 Å². The van der Waals surface area contributed by atoms with Crippen LogP contribution in [-0.2, 0) is 6.42 Å². The van der Waals surface area contributed by atoms with Crippen molar-refractivity contribution in [1.29, 1.82) is 0 Å². The van der Waals surface area contributed by atoms with Crippen molar-refractivity contribution in [3.63, 3.8) is 0 Å². The van der Waals surface area contributed by atoms with Gasteiger partial charge in [-0.25, -0.2) is 0 Å². The van der Waals surface area contributed by atoms with E-state index in [9.17, 15) is 8.78 Å². The van der Waals surface area contributed by atoms with Gasteiger partial charge >= 0.3 is 6.61 Å². The number of ether oxygens (including phenoxy) is 2. The number of halogens is 2. The van der Waals surface area contributed by atoms with Gasteiger partial charge in [-0.15, -0.1) is 11.3 Å². The van der Waals surface area contributed by atoms with E-state index in [1.807, 2.05) is 12.1 Å². The summed E-state index contributed by atoms with van der Waals surface area (Å²) in [5.41, 5.74) is 0.862. The first-order valence-corrected chi connectivity index (χ1v) is 9.51. The Bertz CT molecular complexity index is 724. The maximum Gasteiger partial charge on any atom is 0.387 e. The van der Waals surface area contributed by atoms with Crippen molar-refractivity contribution in [1.82, 2.24) is 10.6 Å². The summed E-state index contributed by atoms with van der Waals surface area (Å²) in [5, 5.41) is 8.60. The number of benzene rings is 1. The predicted octanol–water partition coefficient (Wildman–Crippen LogP) is 3.87. The Kier molecular flexibility index (Phi) is 8.32. The molecule has 0 saturated heterocycles. The second-order valence-corrected chi connectivity index (χ2v) is 6.89. The van der Waals surface area contributed by atoms with Crippen molar-refractivity contribution in [3.05, 3.63) is 46.2 Å². The van der Waals surface area contributed by atoms with Gasteiger partial charge in [-0.2, -0.15) is 8.78 Å². The van der Waals surface area contributed by atoms with E-state index in [0.29, 0.717) is 24.8 Å². The third kappa shape index (κ3) is 6.71. The van der Waals surface area contributed by atoms with Crippen molar-refractivity contribution >= 4 is 17.3 Å². The molecule has 5 nitrogen and oxygen atoms in total. The number of guanidine groups is 1. The summed E-state index contributed by atoms with van der Waals surface area (Å²) in [6, 6.07) is 9.19. The average molecular weight is 397 g/mol. The van der Waals surface area contributed by atoms with Gasteiger partial charge in [0.05, 0.1) is 7.11 Å². The van der Waals surface area contributed by atoms with Gasteiger partial charge in [0.1, 0.15) is 0 Å². The van der Waals surface area contributed by atoms with E-state index >= 15 is 0 Å². The van der Waals surface area contributed by atoms with Crippen LogP contribution in [0.5, 0.6) is 11.5 Å². The minimum atomic E-state index is -2.89. The summed E-state index contributed by atoms with van der Waals surface area (Å²) in [7, 11) is 3.13. The van der Waals surface area contributed by atoms with Crippen LogP contribution >= 0.6 is 11.3 Å². The Balaban J connectivity index is 1.83. The monoisotopic (exact) mass is 397 g/mol. The first-order chi connectivity index (χ1) is 13.0. The molecule has 0 bridgehead atoms. The molecular formula is C19H25F2N3O2S. The Hall–Kier alpha value is -2.35. The van der Waals surface area contributed by atoms with E-state index in [-0.39, 0.29) is 11.5 Å². The molecule has 2 rings (SSSR count). The highest BCUT2D eigenvalue weighted by atomic mass is 32.1. The van der Waals surface area contributed by atoms with Gasteiger partial charge in [0, 0.05) is 30.9 Å². The molecule has 1 aromatic heterocycles. The maximum absolute atomic E-state index is 12.5. The number of rotatable bonds is 9. The Morgan fingerprint density at radius 1 is 1.22 bits per heavy atom. The number of thiophene rings is 1. The molecule has 8 heteroatoms. The van der Waals surface area contributed by atoms with Gasteiger partial charge in [-0.1, -0.05) is 19.1 Å². The Morgan fingerprint density at radius 3 is 2.67 bits per heavy atom. The molecular weight excluding hydrogens is 372 g/mol. The van der Waals surface area contributed by atoms with Crippen molar-refractivity contribution in [2.45, 2.75) is 25.9 Å². The smallest absolute Gasteiger partial charge is 0.387 e. The van der Waals surface area contributed by atoms with E-state index in [2.05, 4.69) is 38.7 Å². The molecule has 1 unspecified atom stereocenters. The molecule has 0 amide bonds. The zero-order valence-corrected chi connectivity index (χ0v) is 16.5. The lowest BCUT2D eigenvalue weighted by Crippen LogP contribution is -2.39. The third-order valence-corrected chi connectivity index (χ3v) is 5.08. The van der Waals surface area contributed by atoms with Crippen molar-refractivity contribution in [2.24, 2.45) is 4.99 Å². The topological polar surface area (TPSA) is 54.9 Å². The summed E-state index contributed by atoms with van der Waals surface area (Å²) in [5.74, 6) is 1.42. The average Bonchev–Trinajstić information content (AvgIpc) is 3.19. The number of nitrogens with zero attached hydrogens (tertiary/aromatic N) is 1. The summed E-state index contributed by atoms with van der Waals surface area (Å²) < 4.78 is 34.6. The summed E-state index contributed by atoms with van der Waals surface area (Å²) >= 11 is 1.74. The number of hydrogen-bond donors (Lipinski definition) is 2. The van der Waals surface area contributed by atoms with Crippen LogP contribution in [0.1, 0.15) is 23.3 Å². The lowest BCUT2D eigenvalue weighted by molar-refractivity contribution is -0.0512. The molecule has 27 heavy (non-hydrogen) atoms. The van der Waals surface area contributed by atoms with Crippen LogP contribution in [-0.4, -0.2) is 39.8 Å². The zero-order chi connectivity index (χ0) is 19.6. The minimum Gasteiger partial charge on any atom is -0.493 e. The van der Waals surface area contributed by atoms with Crippen LogP contribution in [0, 0.1) is 0 Å². The van der Waals surface area contributed by atoms with Crippen LogP contribution in [0.25, 0.3) is 0 Å². The van der Waals surface area contributed by atoms with Crippen LogP contribution in [0.15, 0.2) is 40.7 Å². The molecule has 0 aliphatic rings. The normalized spacial score (nSPS) is 12.7. The summed E-state index contributed by atoms with van der Waals surface area (Å²) in [6.45, 7) is 0.650. The number of alkyl halides is 2. The molecule has 0 aliphatic heterocycles. The Labute approximate surface area is 162 Å². The molecule has 1 heterocycles. The van der Waals surface area contributed by atoms with Crippen molar-refractivity contribution in [2.75, 3.05) is 27.2 Å². The molecule has 0 fully saturated rings. The number of nitrogens with one attached hydrogen (secondary N) is 2. The fraction of sp³-hybridized carbons (Fsp3) is 0.421. The number of methoxy groups -OCH3 is 1. The van der Waals surface area contributed by atoms with Gasteiger partial charge in [-0.3, -0.25) is 4.99 Å². The Morgan fingerprint density at radius 2 is 2.04 bits per heavy atom. The van der Waals surface area contributed by atoms with Crippen molar-refractivity contribution < 1.29 is 18.3 Å². The fourth-order valence-electron chi connectivity index (χ4n) is 2.53. The third-order valence-electron chi connectivity index (χ3n) is 3.98. The SMILES string of the molecule is CN=C(NCCc1ccc(OC)c(OC(F)F)c1)NCC(C)c1cccs1. The predicted molar refractivity (Wildman–Crippen MR) is 105 cm³/mol. The second kappa shape index (κ2) is 10.7. The van der Waals surface area contributed by atoms with Crippen LogP contribution < -0.4 is 20.1 Å². The molecule has 1 aromatic carbocycles. The molecule has 148 valence electrons. The van der Waals surface area contributed by atoms with Gasteiger partial charge < -0.3 is 20.1 Å². The minimum absolute atomic E-state index is 0.0391. The van der Waals surface area contributed by atoms with E-state index in [4.69, 9.17) is 4.74 Å². The highest BCUT2D eigenvalue weighted by Gasteiger charge is 2.11. The molecule has 1 atom stereocenters. The van der Waals surface area contributed by atoms with E-state index < -0.39 is 6.61 Å². The lowest BCUT2D eigenvalue weighted by Gasteiger charge is -2.15. The quantitative estimate of drug-likeness (QED) is 0.498.